The van der Waals surface area contributed by atoms with E-state index in [9.17, 15) is 10.2 Å². The normalized spacial score (nSPS) is 46.6. The Morgan fingerprint density at radius 1 is 1.23 bits per heavy atom. The molecule has 8 rings (SSSR count). The van der Waals surface area contributed by atoms with Gasteiger partial charge in [-0.25, -0.2) is 0 Å². The standard InChI is InChI=1S/C26H35NO4/c1-22(2,29)24(13-15-4-5-15)14-23-8-9-26(24,30-3)21-25(23)10-11-27-18(23)12-16-6-7-17(28)20(31-21)19(16)25/h6-7,15,18,21,27-29H,4-5,8-14H2,1-3H3/t18-,21?,23-,24?,25+,26+/m1/s1. The van der Waals surface area contributed by atoms with Gasteiger partial charge >= 0.3 is 0 Å². The highest BCUT2D eigenvalue weighted by atomic mass is 16.6. The van der Waals surface area contributed by atoms with Crippen LogP contribution in [0, 0.1) is 16.7 Å². The van der Waals surface area contributed by atoms with E-state index >= 15 is 0 Å². The van der Waals surface area contributed by atoms with Gasteiger partial charge in [-0.2, -0.15) is 0 Å². The molecule has 0 aromatic heterocycles. The number of methoxy groups -OCH3 is 1. The topological polar surface area (TPSA) is 71.0 Å². The second-order valence-electron chi connectivity index (χ2n) is 12.1. The van der Waals surface area contributed by atoms with Gasteiger partial charge in [0.1, 0.15) is 11.7 Å². The van der Waals surface area contributed by atoms with Gasteiger partial charge in [-0.05, 0) is 76.5 Å². The lowest BCUT2D eigenvalue weighted by atomic mass is 9.30. The molecule has 2 spiro atoms. The summed E-state index contributed by atoms with van der Waals surface area (Å²) in [5.41, 5.74) is 0.677. The number of ether oxygens (including phenoxy) is 2. The molecular weight excluding hydrogens is 390 g/mol. The first-order chi connectivity index (χ1) is 14.7. The zero-order chi connectivity index (χ0) is 21.4. The second kappa shape index (κ2) is 5.43. The van der Waals surface area contributed by atoms with E-state index in [1.54, 1.807) is 0 Å². The predicted octanol–water partition coefficient (Wildman–Crippen LogP) is 3.44. The fourth-order valence-corrected chi connectivity index (χ4v) is 9.62. The minimum atomic E-state index is -0.880. The van der Waals surface area contributed by atoms with Crippen molar-refractivity contribution < 1.29 is 19.7 Å². The molecular formula is C26H35NO4. The first-order valence-corrected chi connectivity index (χ1v) is 12.3. The summed E-state index contributed by atoms with van der Waals surface area (Å²) in [6.07, 6.45) is 8.32. The fourth-order valence-electron chi connectivity index (χ4n) is 9.62. The molecule has 1 saturated heterocycles. The average Bonchev–Trinajstić information content (AvgIpc) is 3.45. The minimum absolute atomic E-state index is 0.0249. The summed E-state index contributed by atoms with van der Waals surface area (Å²) < 4.78 is 13.5. The molecule has 6 atom stereocenters. The number of aromatic hydroxyl groups is 1. The van der Waals surface area contributed by atoms with E-state index in [1.165, 1.54) is 24.0 Å². The lowest BCUT2D eigenvalue weighted by molar-refractivity contribution is -0.336. The van der Waals surface area contributed by atoms with E-state index in [2.05, 4.69) is 11.4 Å². The first kappa shape index (κ1) is 19.2. The number of aliphatic hydroxyl groups is 1. The summed E-state index contributed by atoms with van der Waals surface area (Å²) in [4.78, 5) is 0. The summed E-state index contributed by atoms with van der Waals surface area (Å²) in [6.45, 7) is 4.99. The SMILES string of the molecule is CO[C@]12CC[C@@]3(CC1(CC1CC1)C(C)(C)O)[C@H]1Cc4ccc(O)c5c4[C@@]3(CCN1)C2O5. The molecule has 7 aliphatic rings. The molecule has 5 fully saturated rings. The molecule has 5 nitrogen and oxygen atoms in total. The van der Waals surface area contributed by atoms with Gasteiger partial charge in [-0.15, -0.1) is 0 Å². The average molecular weight is 426 g/mol. The van der Waals surface area contributed by atoms with Gasteiger partial charge in [-0.3, -0.25) is 0 Å². The van der Waals surface area contributed by atoms with E-state index < -0.39 is 11.2 Å². The number of hydrogen-bond donors (Lipinski definition) is 3. The summed E-state index contributed by atoms with van der Waals surface area (Å²) >= 11 is 0. The predicted molar refractivity (Wildman–Crippen MR) is 116 cm³/mol. The molecule has 5 heteroatoms. The molecule has 0 amide bonds. The van der Waals surface area contributed by atoms with Crippen molar-refractivity contribution in [2.24, 2.45) is 16.7 Å². The van der Waals surface area contributed by atoms with Gasteiger partial charge in [0.25, 0.3) is 0 Å². The maximum absolute atomic E-state index is 11.9. The molecule has 1 aromatic rings. The Morgan fingerprint density at radius 3 is 2.74 bits per heavy atom. The van der Waals surface area contributed by atoms with Crippen LogP contribution in [0.25, 0.3) is 0 Å². The van der Waals surface area contributed by atoms with E-state index in [-0.39, 0.29) is 28.1 Å². The number of benzene rings is 1. The summed E-state index contributed by atoms with van der Waals surface area (Å²) in [5.74, 6) is 1.64. The number of fused-ring (bicyclic) bond motifs is 2. The second-order valence-corrected chi connectivity index (χ2v) is 12.1. The number of nitrogens with one attached hydrogen (secondary N) is 1. The Morgan fingerprint density at radius 2 is 2.03 bits per heavy atom. The van der Waals surface area contributed by atoms with E-state index in [1.807, 2.05) is 27.0 Å². The molecule has 1 aromatic carbocycles. The van der Waals surface area contributed by atoms with Crippen molar-refractivity contribution in [3.05, 3.63) is 23.3 Å². The molecule has 2 unspecified atom stereocenters. The Hall–Kier alpha value is -1.30. The largest absolute Gasteiger partial charge is 0.504 e. The van der Waals surface area contributed by atoms with E-state index in [0.717, 1.165) is 45.1 Å². The molecule has 2 heterocycles. The summed E-state index contributed by atoms with van der Waals surface area (Å²) in [6, 6.07) is 4.31. The number of hydrogen-bond acceptors (Lipinski definition) is 5. The third-order valence-corrected chi connectivity index (χ3v) is 10.9. The van der Waals surface area contributed by atoms with Crippen LogP contribution >= 0.6 is 0 Å². The highest BCUT2D eigenvalue weighted by molar-refractivity contribution is 5.63. The zero-order valence-electron chi connectivity index (χ0n) is 19.0. The monoisotopic (exact) mass is 425 g/mol. The van der Waals surface area contributed by atoms with Gasteiger partial charge in [0, 0.05) is 35.0 Å². The van der Waals surface area contributed by atoms with Gasteiger partial charge < -0.3 is 25.0 Å². The van der Waals surface area contributed by atoms with Crippen molar-refractivity contribution in [2.45, 2.75) is 94.0 Å². The van der Waals surface area contributed by atoms with E-state index in [0.29, 0.717) is 17.7 Å². The van der Waals surface area contributed by atoms with Crippen LogP contribution in [0.4, 0.5) is 0 Å². The lowest BCUT2D eigenvalue weighted by Crippen LogP contribution is -2.85. The summed E-state index contributed by atoms with van der Waals surface area (Å²) in [5, 5.41) is 26.6. The first-order valence-electron chi connectivity index (χ1n) is 12.3. The molecule has 31 heavy (non-hydrogen) atoms. The van der Waals surface area contributed by atoms with Crippen LogP contribution < -0.4 is 10.1 Å². The lowest BCUT2D eigenvalue weighted by Gasteiger charge is -2.77. The summed E-state index contributed by atoms with van der Waals surface area (Å²) in [7, 11) is 1.84. The quantitative estimate of drug-likeness (QED) is 0.689. The van der Waals surface area contributed by atoms with Crippen molar-refractivity contribution in [1.82, 2.24) is 5.32 Å². The highest BCUT2D eigenvalue weighted by Crippen LogP contribution is 2.80. The van der Waals surface area contributed by atoms with Crippen LogP contribution in [0.1, 0.15) is 69.9 Å². The minimum Gasteiger partial charge on any atom is -0.504 e. The van der Waals surface area contributed by atoms with Crippen molar-refractivity contribution in [3.63, 3.8) is 0 Å². The molecule has 5 aliphatic carbocycles. The van der Waals surface area contributed by atoms with E-state index in [4.69, 9.17) is 9.47 Å². The van der Waals surface area contributed by atoms with Crippen molar-refractivity contribution in [1.29, 1.82) is 0 Å². The number of phenolic OH excluding ortho intramolecular Hbond substituents is 1. The number of rotatable bonds is 4. The fraction of sp³-hybridized carbons (Fsp3) is 0.769. The van der Waals surface area contributed by atoms with Gasteiger partial charge in [0.05, 0.1) is 5.60 Å². The smallest absolute Gasteiger partial charge is 0.165 e. The maximum Gasteiger partial charge on any atom is 0.165 e. The molecule has 168 valence electrons. The highest BCUT2D eigenvalue weighted by Gasteiger charge is 2.85. The van der Waals surface area contributed by atoms with Gasteiger partial charge in [-0.1, -0.05) is 18.9 Å². The van der Waals surface area contributed by atoms with Crippen LogP contribution in [-0.4, -0.2) is 47.2 Å². The number of phenols is 1. The molecule has 4 bridgehead atoms. The van der Waals surface area contributed by atoms with Crippen molar-refractivity contribution in [3.8, 4) is 11.5 Å². The molecule has 3 N–H and O–H groups in total. The van der Waals surface area contributed by atoms with Crippen LogP contribution in [0.2, 0.25) is 0 Å². The molecule has 0 radical (unpaired) electrons. The van der Waals surface area contributed by atoms with Crippen LogP contribution in [0.5, 0.6) is 11.5 Å². The van der Waals surface area contributed by atoms with Crippen molar-refractivity contribution in [2.75, 3.05) is 13.7 Å². The van der Waals surface area contributed by atoms with Gasteiger partial charge in [0.2, 0.25) is 0 Å². The number of piperidine rings is 1. The molecule has 4 saturated carbocycles. The Bertz CT molecular complexity index is 982. The zero-order valence-corrected chi connectivity index (χ0v) is 19.0. The van der Waals surface area contributed by atoms with Crippen LogP contribution in [-0.2, 0) is 16.6 Å². The van der Waals surface area contributed by atoms with Gasteiger partial charge in [0.15, 0.2) is 11.5 Å². The Kier molecular flexibility index (Phi) is 3.36. The third kappa shape index (κ3) is 1.83. The Labute approximate surface area is 184 Å². The Balaban J connectivity index is 1.55. The molecule has 2 aliphatic heterocycles. The third-order valence-electron chi connectivity index (χ3n) is 10.9. The maximum atomic E-state index is 11.9. The van der Waals surface area contributed by atoms with Crippen molar-refractivity contribution >= 4 is 0 Å². The van der Waals surface area contributed by atoms with Crippen LogP contribution in [0.15, 0.2) is 12.1 Å². The van der Waals surface area contributed by atoms with Crippen LogP contribution in [0.3, 0.4) is 0 Å².